The molecule has 1 aromatic heterocycles. The Kier molecular flexibility index (Phi) is 8.66. The molecule has 0 saturated carbocycles. The molecule has 0 saturated heterocycles. The van der Waals surface area contributed by atoms with Gasteiger partial charge in [-0.25, -0.2) is 14.2 Å². The third-order valence-corrected chi connectivity index (χ3v) is 8.03. The molecule has 4 aromatic rings. The van der Waals surface area contributed by atoms with E-state index in [1.54, 1.807) is 19.9 Å². The molecule has 4 rings (SSSR count). The maximum Gasteiger partial charge on any atom is 0.335 e. The molecule has 3 N–H and O–H groups in total. The van der Waals surface area contributed by atoms with Crippen molar-refractivity contribution in [2.75, 3.05) is 0 Å². The predicted octanol–water partition coefficient (Wildman–Crippen LogP) is 5.93. The van der Waals surface area contributed by atoms with E-state index in [4.69, 9.17) is 4.98 Å². The second-order valence-electron chi connectivity index (χ2n) is 9.77. The molecule has 204 valence electrons. The predicted molar refractivity (Wildman–Crippen MR) is 153 cm³/mol. The number of carbonyl (C=O) groups is 1. The fourth-order valence-electron chi connectivity index (χ4n) is 4.58. The van der Waals surface area contributed by atoms with Gasteiger partial charge in [0.2, 0.25) is 13.2 Å². The summed E-state index contributed by atoms with van der Waals surface area (Å²) in [5.41, 5.74) is 0.284. The topological polar surface area (TPSA) is 108 Å². The third kappa shape index (κ3) is 5.61. The molecule has 0 aliphatic rings. The largest absolute Gasteiger partial charge is 0.480 e. The summed E-state index contributed by atoms with van der Waals surface area (Å²) in [6.45, 7) is 3.40. The fourth-order valence-corrected chi connectivity index (χ4v) is 5.51. The highest BCUT2D eigenvalue weighted by Gasteiger charge is 2.62. The molecule has 3 aromatic carbocycles. The van der Waals surface area contributed by atoms with Crippen LogP contribution in [0, 0.1) is 23.6 Å². The lowest BCUT2D eigenvalue weighted by atomic mass is 9.77. The van der Waals surface area contributed by atoms with Gasteiger partial charge in [-0.15, -0.1) is 0 Å². The van der Waals surface area contributed by atoms with Gasteiger partial charge in [-0.3, -0.25) is 4.57 Å². The highest BCUT2D eigenvalue weighted by Crippen LogP contribution is 2.51. The zero-order chi connectivity index (χ0) is 28.9. The van der Waals surface area contributed by atoms with Crippen LogP contribution in [0.3, 0.4) is 0 Å². The highest BCUT2D eigenvalue weighted by molar-refractivity contribution is 7.42. The number of carboxylic acid groups (broad SMARTS) is 1. The summed E-state index contributed by atoms with van der Waals surface area (Å²) >= 11 is 0. The summed E-state index contributed by atoms with van der Waals surface area (Å²) in [6.07, 6.45) is -0.463. The van der Waals surface area contributed by atoms with E-state index < -0.39 is 37.0 Å². The summed E-state index contributed by atoms with van der Waals surface area (Å²) < 4.78 is 26.7. The first-order valence-corrected chi connectivity index (χ1v) is 14.0. The zero-order valence-corrected chi connectivity index (χ0v) is 23.0. The average Bonchev–Trinajstić information content (AvgIpc) is 2.94. The molecule has 40 heavy (non-hydrogen) atoms. The number of pyridine rings is 1. The molecular weight excluding hydrogens is 528 g/mol. The monoisotopic (exact) mass is 557 g/mol. The number of hydrogen-bond donors (Lipinski definition) is 3. The summed E-state index contributed by atoms with van der Waals surface area (Å²) in [6, 6.07) is 26.8. The summed E-state index contributed by atoms with van der Waals surface area (Å²) in [5, 5.41) is 20.1. The number of rotatable bonds is 8. The normalized spacial score (nSPS) is 14.8. The van der Waals surface area contributed by atoms with E-state index >= 15 is 0 Å². The second kappa shape index (κ2) is 12.0. The highest BCUT2D eigenvalue weighted by atomic mass is 31.1. The molecular formula is C32H29FNO5P. The lowest BCUT2D eigenvalue weighted by Gasteiger charge is -2.39. The first kappa shape index (κ1) is 28.9. The van der Waals surface area contributed by atoms with Crippen molar-refractivity contribution in [3.63, 3.8) is 0 Å². The van der Waals surface area contributed by atoms with Crippen LogP contribution in [-0.4, -0.2) is 31.2 Å². The van der Waals surface area contributed by atoms with Gasteiger partial charge in [0.05, 0.1) is 11.4 Å². The average molecular weight is 558 g/mol. The van der Waals surface area contributed by atoms with Gasteiger partial charge in [0.25, 0.3) is 0 Å². The number of carboxylic acids is 1. The maximum atomic E-state index is 13.7. The molecule has 0 aliphatic heterocycles. The Hall–Kier alpha value is -4.08. The molecule has 0 amide bonds. The van der Waals surface area contributed by atoms with Crippen LogP contribution >= 0.6 is 8.03 Å². The Morgan fingerprint density at radius 2 is 1.50 bits per heavy atom. The number of halogens is 1. The lowest BCUT2D eigenvalue weighted by Crippen LogP contribution is -2.56. The van der Waals surface area contributed by atoms with Crippen molar-refractivity contribution in [1.29, 1.82) is 0 Å². The van der Waals surface area contributed by atoms with E-state index in [2.05, 4.69) is 11.8 Å². The van der Waals surface area contributed by atoms with E-state index in [9.17, 15) is 28.9 Å². The van der Waals surface area contributed by atoms with Crippen molar-refractivity contribution >= 4 is 14.0 Å². The number of aliphatic hydroxyl groups is 1. The van der Waals surface area contributed by atoms with Crippen LogP contribution < -0.4 is 0 Å². The van der Waals surface area contributed by atoms with Gasteiger partial charge in [0.1, 0.15) is 11.4 Å². The summed E-state index contributed by atoms with van der Waals surface area (Å²) in [7, 11) is -4.08. The Labute approximate surface area is 233 Å². The first-order valence-electron chi connectivity index (χ1n) is 12.7. The van der Waals surface area contributed by atoms with E-state index in [0.717, 1.165) is 5.56 Å². The number of aliphatic carboxylic acids is 1. The van der Waals surface area contributed by atoms with Crippen LogP contribution in [0.2, 0.25) is 0 Å². The molecule has 6 nitrogen and oxygen atoms in total. The van der Waals surface area contributed by atoms with Gasteiger partial charge in [0.15, 0.2) is 0 Å². The van der Waals surface area contributed by atoms with Crippen molar-refractivity contribution in [1.82, 2.24) is 4.98 Å². The van der Waals surface area contributed by atoms with Gasteiger partial charge in [-0.05, 0) is 29.3 Å². The number of hydrogen-bond acceptors (Lipinski definition) is 4. The Morgan fingerprint density at radius 1 is 0.925 bits per heavy atom. The van der Waals surface area contributed by atoms with Crippen molar-refractivity contribution in [2.45, 2.75) is 31.0 Å². The van der Waals surface area contributed by atoms with Gasteiger partial charge in [-0.1, -0.05) is 105 Å². The Morgan fingerprint density at radius 3 is 2.02 bits per heavy atom. The standard InChI is InChI=1S/C32H29FNO5P/c1-22(2)19-20-32(30(35)36,40(38)39)31(37,21-23-13-15-26(33)16-14-23)28-18-17-27(24-9-5-3-6-10-24)29(34-28)25-11-7-4-8-12-25/h3-18,22,37,40H,21H2,1-2H3,(H,35,36)(H,38,39). The molecule has 3 unspecified atom stereocenters. The van der Waals surface area contributed by atoms with Crippen LogP contribution in [0.5, 0.6) is 0 Å². The number of nitrogens with zero attached hydrogens (tertiary/aromatic N) is 1. The van der Waals surface area contributed by atoms with Gasteiger partial charge < -0.3 is 15.1 Å². The molecule has 0 bridgehead atoms. The van der Waals surface area contributed by atoms with E-state index in [1.165, 1.54) is 30.3 Å². The maximum absolute atomic E-state index is 13.7. The van der Waals surface area contributed by atoms with E-state index in [1.807, 2.05) is 60.7 Å². The van der Waals surface area contributed by atoms with Crippen molar-refractivity contribution in [3.8, 4) is 34.2 Å². The fraction of sp³-hybridized carbons (Fsp3) is 0.188. The minimum Gasteiger partial charge on any atom is -0.480 e. The lowest BCUT2D eigenvalue weighted by molar-refractivity contribution is -0.146. The van der Waals surface area contributed by atoms with Crippen LogP contribution in [0.15, 0.2) is 97.1 Å². The second-order valence-corrected chi connectivity index (χ2v) is 11.1. The van der Waals surface area contributed by atoms with E-state index in [-0.39, 0.29) is 11.6 Å². The molecule has 0 aliphatic carbocycles. The molecule has 0 radical (unpaired) electrons. The van der Waals surface area contributed by atoms with Gasteiger partial charge in [0, 0.05) is 23.5 Å². The quantitative estimate of drug-likeness (QED) is 0.183. The smallest absolute Gasteiger partial charge is 0.335 e. The zero-order valence-electron chi connectivity index (χ0n) is 22.0. The Balaban J connectivity index is 2.06. The molecule has 8 heteroatoms. The van der Waals surface area contributed by atoms with Gasteiger partial charge >= 0.3 is 5.97 Å². The third-order valence-electron chi connectivity index (χ3n) is 6.63. The molecule has 0 fully saturated rings. The minimum atomic E-state index is -4.08. The molecule has 0 spiro atoms. The van der Waals surface area contributed by atoms with E-state index in [0.29, 0.717) is 22.4 Å². The molecule has 1 heterocycles. The van der Waals surface area contributed by atoms with Gasteiger partial charge in [-0.2, -0.15) is 0 Å². The summed E-state index contributed by atoms with van der Waals surface area (Å²) in [4.78, 5) is 28.3. The number of benzene rings is 3. The van der Waals surface area contributed by atoms with Crippen LogP contribution in [0.4, 0.5) is 4.39 Å². The number of aromatic nitrogens is 1. The van der Waals surface area contributed by atoms with Crippen molar-refractivity contribution in [2.24, 2.45) is 5.92 Å². The Bertz CT molecular complexity index is 1570. The van der Waals surface area contributed by atoms with Crippen LogP contribution in [-0.2, 0) is 21.4 Å². The molecule has 3 atom stereocenters. The first-order chi connectivity index (χ1) is 19.1. The summed E-state index contributed by atoms with van der Waals surface area (Å²) in [5.74, 6) is 2.53. The van der Waals surface area contributed by atoms with Crippen molar-refractivity contribution < 1.29 is 28.9 Å². The van der Waals surface area contributed by atoms with Crippen molar-refractivity contribution in [3.05, 3.63) is 114 Å². The van der Waals surface area contributed by atoms with Crippen LogP contribution in [0.1, 0.15) is 25.1 Å². The SMILES string of the molecule is CC(C)C#CC(C(=O)O)([PH](=O)O)C(O)(Cc1ccc(F)cc1)c1ccc(-c2ccccc2)c(-c2ccccc2)n1. The minimum absolute atomic E-state index is 0.150. The van der Waals surface area contributed by atoms with Crippen LogP contribution in [0.25, 0.3) is 22.4 Å².